The molecule has 108 valence electrons. The van der Waals surface area contributed by atoms with Gasteiger partial charge >= 0.3 is 0 Å². The lowest BCUT2D eigenvalue weighted by molar-refractivity contribution is 0.191. The van der Waals surface area contributed by atoms with Gasteiger partial charge in [-0.2, -0.15) is 5.26 Å². The number of nitriles is 1. The highest BCUT2D eigenvalue weighted by Gasteiger charge is 2.25. The van der Waals surface area contributed by atoms with Crippen LogP contribution in [0.4, 0.5) is 0 Å². The summed E-state index contributed by atoms with van der Waals surface area (Å²) in [6.45, 7) is 7.62. The van der Waals surface area contributed by atoms with Crippen molar-refractivity contribution < 1.29 is 4.74 Å². The molecule has 0 N–H and O–H groups in total. The van der Waals surface area contributed by atoms with E-state index in [1.165, 1.54) is 19.4 Å². The highest BCUT2D eigenvalue weighted by molar-refractivity contribution is 5.34. The molecule has 0 bridgehead atoms. The Balaban J connectivity index is 1.67. The average Bonchev–Trinajstić information content (AvgIpc) is 3.26. The van der Waals surface area contributed by atoms with Crippen LogP contribution >= 0.6 is 0 Å². The quantitative estimate of drug-likeness (QED) is 0.680. The topological polar surface area (TPSA) is 36.3 Å². The number of benzene rings is 1. The SMILES string of the molecule is CC(C)N(CCCOc1ccc(C#N)cc1)CC1CC1. The fraction of sp³-hybridized carbons (Fsp3) is 0.588. The van der Waals surface area contributed by atoms with Gasteiger partial charge in [-0.1, -0.05) is 0 Å². The van der Waals surface area contributed by atoms with Crippen molar-refractivity contribution >= 4 is 0 Å². The van der Waals surface area contributed by atoms with Crippen molar-refractivity contribution in [3.63, 3.8) is 0 Å². The number of rotatable bonds is 8. The number of hydrogen-bond acceptors (Lipinski definition) is 3. The number of hydrogen-bond donors (Lipinski definition) is 0. The second kappa shape index (κ2) is 7.31. The van der Waals surface area contributed by atoms with Gasteiger partial charge in [0.25, 0.3) is 0 Å². The van der Waals surface area contributed by atoms with Crippen LogP contribution in [0.1, 0.15) is 38.7 Å². The van der Waals surface area contributed by atoms with Crippen LogP contribution in [0.15, 0.2) is 24.3 Å². The Labute approximate surface area is 122 Å². The van der Waals surface area contributed by atoms with E-state index in [1.54, 1.807) is 12.1 Å². The van der Waals surface area contributed by atoms with Gasteiger partial charge in [-0.15, -0.1) is 0 Å². The summed E-state index contributed by atoms with van der Waals surface area (Å²) in [7, 11) is 0. The molecular weight excluding hydrogens is 248 g/mol. The van der Waals surface area contributed by atoms with E-state index in [9.17, 15) is 0 Å². The molecule has 1 aliphatic rings. The van der Waals surface area contributed by atoms with Crippen molar-refractivity contribution in [1.82, 2.24) is 4.90 Å². The first-order valence-corrected chi connectivity index (χ1v) is 7.56. The van der Waals surface area contributed by atoms with Crippen LogP contribution in [-0.2, 0) is 0 Å². The first-order chi connectivity index (χ1) is 9.69. The Morgan fingerprint density at radius 1 is 1.30 bits per heavy atom. The third kappa shape index (κ3) is 4.86. The summed E-state index contributed by atoms with van der Waals surface area (Å²) in [5.41, 5.74) is 0.674. The second-order valence-corrected chi connectivity index (χ2v) is 5.87. The van der Waals surface area contributed by atoms with E-state index in [0.29, 0.717) is 11.6 Å². The molecule has 1 fully saturated rings. The molecule has 3 nitrogen and oxygen atoms in total. The zero-order valence-corrected chi connectivity index (χ0v) is 12.5. The summed E-state index contributed by atoms with van der Waals surface area (Å²) in [5.74, 6) is 1.79. The van der Waals surface area contributed by atoms with Crippen molar-refractivity contribution in [1.29, 1.82) is 5.26 Å². The van der Waals surface area contributed by atoms with Crippen LogP contribution in [0.5, 0.6) is 5.75 Å². The lowest BCUT2D eigenvalue weighted by atomic mass is 10.2. The van der Waals surface area contributed by atoms with Crippen LogP contribution < -0.4 is 4.74 Å². The second-order valence-electron chi connectivity index (χ2n) is 5.87. The predicted molar refractivity (Wildman–Crippen MR) is 80.7 cm³/mol. The molecule has 0 aromatic heterocycles. The van der Waals surface area contributed by atoms with E-state index in [1.807, 2.05) is 12.1 Å². The van der Waals surface area contributed by atoms with Gasteiger partial charge in [0.2, 0.25) is 0 Å². The third-order valence-electron chi connectivity index (χ3n) is 3.76. The Bertz CT molecular complexity index is 443. The van der Waals surface area contributed by atoms with Crippen molar-refractivity contribution in [2.75, 3.05) is 19.7 Å². The first kappa shape index (κ1) is 14.9. The van der Waals surface area contributed by atoms with Gasteiger partial charge in [-0.3, -0.25) is 0 Å². The molecule has 20 heavy (non-hydrogen) atoms. The monoisotopic (exact) mass is 272 g/mol. The van der Waals surface area contributed by atoms with Gasteiger partial charge < -0.3 is 9.64 Å². The van der Waals surface area contributed by atoms with E-state index in [4.69, 9.17) is 10.00 Å². The largest absolute Gasteiger partial charge is 0.494 e. The number of ether oxygens (including phenoxy) is 1. The van der Waals surface area contributed by atoms with E-state index >= 15 is 0 Å². The Hall–Kier alpha value is -1.53. The van der Waals surface area contributed by atoms with Crippen LogP contribution in [0.25, 0.3) is 0 Å². The fourth-order valence-corrected chi connectivity index (χ4v) is 2.28. The van der Waals surface area contributed by atoms with Crippen LogP contribution in [0, 0.1) is 17.2 Å². The summed E-state index contributed by atoms with van der Waals surface area (Å²) < 4.78 is 5.72. The van der Waals surface area contributed by atoms with E-state index in [-0.39, 0.29) is 0 Å². The van der Waals surface area contributed by atoms with Crippen molar-refractivity contribution in [3.8, 4) is 11.8 Å². The maximum atomic E-state index is 8.74. The summed E-state index contributed by atoms with van der Waals surface area (Å²) in [4.78, 5) is 2.56. The molecule has 1 aromatic rings. The first-order valence-electron chi connectivity index (χ1n) is 7.56. The minimum atomic E-state index is 0.616. The van der Waals surface area contributed by atoms with Gasteiger partial charge in [0.05, 0.1) is 18.2 Å². The van der Waals surface area contributed by atoms with E-state index in [0.717, 1.165) is 31.2 Å². The van der Waals surface area contributed by atoms with Gasteiger partial charge in [0, 0.05) is 19.1 Å². The molecule has 0 spiro atoms. The number of nitrogens with zero attached hydrogens (tertiary/aromatic N) is 2. The van der Waals surface area contributed by atoms with Gasteiger partial charge in [0.15, 0.2) is 0 Å². The summed E-state index contributed by atoms with van der Waals surface area (Å²) in [6, 6.07) is 10.0. The standard InChI is InChI=1S/C17H24N2O/c1-14(2)19(13-16-4-5-16)10-3-11-20-17-8-6-15(12-18)7-9-17/h6-9,14,16H,3-5,10-11,13H2,1-2H3. The molecular formula is C17H24N2O. The smallest absolute Gasteiger partial charge is 0.119 e. The molecule has 1 aromatic carbocycles. The van der Waals surface area contributed by atoms with Crippen molar-refractivity contribution in [2.45, 2.75) is 39.2 Å². The van der Waals surface area contributed by atoms with Gasteiger partial charge in [0.1, 0.15) is 5.75 Å². The Morgan fingerprint density at radius 3 is 2.55 bits per heavy atom. The molecule has 0 radical (unpaired) electrons. The molecule has 2 rings (SSSR count). The highest BCUT2D eigenvalue weighted by atomic mass is 16.5. The molecule has 1 saturated carbocycles. The molecule has 0 saturated heterocycles. The molecule has 3 heteroatoms. The maximum Gasteiger partial charge on any atom is 0.119 e. The Morgan fingerprint density at radius 2 is 2.00 bits per heavy atom. The molecule has 0 amide bonds. The van der Waals surface area contributed by atoms with Gasteiger partial charge in [-0.05, 0) is 63.3 Å². The molecule has 0 unspecified atom stereocenters. The normalized spacial score (nSPS) is 14.6. The van der Waals surface area contributed by atoms with Crippen LogP contribution in [-0.4, -0.2) is 30.6 Å². The minimum Gasteiger partial charge on any atom is -0.494 e. The molecule has 1 aliphatic carbocycles. The fourth-order valence-electron chi connectivity index (χ4n) is 2.28. The lowest BCUT2D eigenvalue weighted by Crippen LogP contribution is -2.34. The van der Waals surface area contributed by atoms with Crippen molar-refractivity contribution in [2.24, 2.45) is 5.92 Å². The summed E-state index contributed by atoms with van der Waals surface area (Å²) in [6.07, 6.45) is 3.86. The summed E-state index contributed by atoms with van der Waals surface area (Å²) >= 11 is 0. The predicted octanol–water partition coefficient (Wildman–Crippen LogP) is 3.45. The molecule has 0 atom stereocenters. The van der Waals surface area contributed by atoms with Crippen LogP contribution in [0.2, 0.25) is 0 Å². The molecule has 0 heterocycles. The van der Waals surface area contributed by atoms with Crippen molar-refractivity contribution in [3.05, 3.63) is 29.8 Å². The Kier molecular flexibility index (Phi) is 5.43. The van der Waals surface area contributed by atoms with Crippen LogP contribution in [0.3, 0.4) is 0 Å². The minimum absolute atomic E-state index is 0.616. The lowest BCUT2D eigenvalue weighted by Gasteiger charge is -2.26. The van der Waals surface area contributed by atoms with E-state index < -0.39 is 0 Å². The maximum absolute atomic E-state index is 8.74. The highest BCUT2D eigenvalue weighted by Crippen LogP contribution is 2.30. The van der Waals surface area contributed by atoms with Gasteiger partial charge in [-0.25, -0.2) is 0 Å². The average molecular weight is 272 g/mol. The zero-order chi connectivity index (χ0) is 14.4. The summed E-state index contributed by atoms with van der Waals surface area (Å²) in [5, 5.41) is 8.74. The molecule has 0 aliphatic heterocycles. The third-order valence-corrected chi connectivity index (χ3v) is 3.76. The zero-order valence-electron chi connectivity index (χ0n) is 12.5. The van der Waals surface area contributed by atoms with E-state index in [2.05, 4.69) is 24.8 Å².